The van der Waals surface area contributed by atoms with E-state index in [-0.39, 0.29) is 12.6 Å². The Morgan fingerprint density at radius 2 is 2.11 bits per heavy atom. The standard InChI is InChI=1S/C11H20N2O5S/c1-3-19(17)5-4-12-10(16)13-7-11(2,8-13)18-6-9(14)15/h3-8H2,1-2H3,(H,12,16)(H,14,15). The molecule has 8 heteroatoms. The van der Waals surface area contributed by atoms with Gasteiger partial charge in [0.25, 0.3) is 0 Å². The van der Waals surface area contributed by atoms with E-state index in [9.17, 15) is 13.8 Å². The number of nitrogens with zero attached hydrogens (tertiary/aromatic N) is 1. The highest BCUT2D eigenvalue weighted by Crippen LogP contribution is 2.24. The molecule has 1 aliphatic rings. The van der Waals surface area contributed by atoms with Crippen molar-refractivity contribution in [1.29, 1.82) is 0 Å². The van der Waals surface area contributed by atoms with Gasteiger partial charge in [-0.05, 0) is 6.92 Å². The average molecular weight is 292 g/mol. The number of aliphatic carboxylic acids is 1. The monoisotopic (exact) mass is 292 g/mol. The fourth-order valence-corrected chi connectivity index (χ4v) is 2.38. The molecule has 7 nitrogen and oxygen atoms in total. The van der Waals surface area contributed by atoms with Crippen LogP contribution >= 0.6 is 0 Å². The van der Waals surface area contributed by atoms with E-state index in [0.29, 0.717) is 31.1 Å². The number of carbonyl (C=O) groups excluding carboxylic acids is 1. The number of carbonyl (C=O) groups is 2. The highest BCUT2D eigenvalue weighted by molar-refractivity contribution is 7.84. The summed E-state index contributed by atoms with van der Waals surface area (Å²) in [5.74, 6) is 0.00923. The Hall–Kier alpha value is -1.15. The second-order valence-corrected chi connectivity index (χ2v) is 6.52. The number of hydrogen-bond acceptors (Lipinski definition) is 4. The van der Waals surface area contributed by atoms with Crippen molar-refractivity contribution in [2.75, 3.05) is 37.7 Å². The third-order valence-corrected chi connectivity index (χ3v) is 4.11. The van der Waals surface area contributed by atoms with Crippen molar-refractivity contribution in [2.24, 2.45) is 0 Å². The Balaban J connectivity index is 2.20. The van der Waals surface area contributed by atoms with Crippen LogP contribution < -0.4 is 5.32 Å². The summed E-state index contributed by atoms with van der Waals surface area (Å²) in [7, 11) is -0.887. The highest BCUT2D eigenvalue weighted by atomic mass is 32.2. The van der Waals surface area contributed by atoms with Gasteiger partial charge in [-0.25, -0.2) is 9.59 Å². The maximum Gasteiger partial charge on any atom is 0.329 e. The fourth-order valence-electron chi connectivity index (χ4n) is 1.76. The van der Waals surface area contributed by atoms with Crippen molar-refractivity contribution in [3.05, 3.63) is 0 Å². The van der Waals surface area contributed by atoms with Gasteiger partial charge < -0.3 is 20.1 Å². The second kappa shape index (κ2) is 6.85. The Morgan fingerprint density at radius 3 is 2.63 bits per heavy atom. The number of rotatable bonds is 7. The quantitative estimate of drug-likeness (QED) is 0.668. The van der Waals surface area contributed by atoms with Crippen LogP contribution in [0.4, 0.5) is 4.79 Å². The Labute approximate surface area is 114 Å². The van der Waals surface area contributed by atoms with Gasteiger partial charge in [0.05, 0.1) is 13.1 Å². The van der Waals surface area contributed by atoms with E-state index < -0.39 is 22.4 Å². The molecule has 0 aromatic carbocycles. The molecule has 1 aliphatic heterocycles. The van der Waals surface area contributed by atoms with Gasteiger partial charge in [-0.15, -0.1) is 0 Å². The molecule has 1 atom stereocenters. The van der Waals surface area contributed by atoms with E-state index >= 15 is 0 Å². The summed E-state index contributed by atoms with van der Waals surface area (Å²) >= 11 is 0. The van der Waals surface area contributed by atoms with Gasteiger partial charge in [-0.2, -0.15) is 0 Å². The minimum Gasteiger partial charge on any atom is -0.480 e. The van der Waals surface area contributed by atoms with Crippen LogP contribution in [0.15, 0.2) is 0 Å². The Kier molecular flexibility index (Phi) is 5.74. The van der Waals surface area contributed by atoms with Gasteiger partial charge in [0, 0.05) is 28.9 Å². The number of urea groups is 1. The zero-order valence-electron chi connectivity index (χ0n) is 11.2. The number of likely N-dealkylation sites (tertiary alicyclic amines) is 1. The van der Waals surface area contributed by atoms with Crippen molar-refractivity contribution < 1.29 is 23.6 Å². The molecule has 1 heterocycles. The molecule has 1 fully saturated rings. The minimum atomic E-state index is -1.02. The molecule has 110 valence electrons. The smallest absolute Gasteiger partial charge is 0.329 e. The van der Waals surface area contributed by atoms with E-state index in [1.54, 1.807) is 6.92 Å². The van der Waals surface area contributed by atoms with Gasteiger partial charge in [-0.1, -0.05) is 6.92 Å². The molecular weight excluding hydrogens is 272 g/mol. The van der Waals surface area contributed by atoms with Gasteiger partial charge in [0.1, 0.15) is 12.2 Å². The number of nitrogens with one attached hydrogen (secondary N) is 1. The van der Waals surface area contributed by atoms with E-state index in [0.717, 1.165) is 0 Å². The van der Waals surface area contributed by atoms with Gasteiger partial charge in [0.2, 0.25) is 0 Å². The molecule has 0 aliphatic carbocycles. The predicted molar refractivity (Wildman–Crippen MR) is 70.5 cm³/mol. The van der Waals surface area contributed by atoms with Crippen molar-refractivity contribution >= 4 is 22.8 Å². The SMILES string of the molecule is CCS(=O)CCNC(=O)N1CC(C)(OCC(=O)O)C1. The summed E-state index contributed by atoms with van der Waals surface area (Å²) in [5.41, 5.74) is -0.581. The molecule has 1 rings (SSSR count). The van der Waals surface area contributed by atoms with E-state index in [1.165, 1.54) is 4.90 Å². The molecule has 0 aromatic rings. The lowest BCUT2D eigenvalue weighted by Gasteiger charge is -2.46. The molecule has 1 unspecified atom stereocenters. The summed E-state index contributed by atoms with van der Waals surface area (Å²) in [6, 6.07) is -0.232. The lowest BCUT2D eigenvalue weighted by atomic mass is 9.97. The zero-order valence-corrected chi connectivity index (χ0v) is 12.0. The molecule has 0 aromatic heterocycles. The summed E-state index contributed by atoms with van der Waals surface area (Å²) in [5, 5.41) is 11.2. The molecule has 0 saturated carbocycles. The van der Waals surface area contributed by atoms with Crippen LogP contribution in [0.2, 0.25) is 0 Å². The molecule has 2 amide bonds. The Bertz CT molecular complexity index is 368. The van der Waals surface area contributed by atoms with Crippen LogP contribution in [0.3, 0.4) is 0 Å². The zero-order chi connectivity index (χ0) is 14.5. The summed E-state index contributed by atoms with van der Waals surface area (Å²) in [6.07, 6.45) is 0. The van der Waals surface area contributed by atoms with Gasteiger partial charge in [0.15, 0.2) is 0 Å². The maximum absolute atomic E-state index is 11.7. The Morgan fingerprint density at radius 1 is 1.47 bits per heavy atom. The predicted octanol–water partition coefficient (Wildman–Crippen LogP) is -0.360. The van der Waals surface area contributed by atoms with Crippen LogP contribution in [0.1, 0.15) is 13.8 Å². The first-order chi connectivity index (χ1) is 8.86. The first-order valence-electron chi connectivity index (χ1n) is 6.10. The average Bonchev–Trinajstić information content (AvgIpc) is 2.32. The first kappa shape index (κ1) is 15.9. The van der Waals surface area contributed by atoms with Crippen molar-refractivity contribution in [3.8, 4) is 0 Å². The number of hydrogen-bond donors (Lipinski definition) is 2. The maximum atomic E-state index is 11.7. The molecular formula is C11H20N2O5S. The van der Waals surface area contributed by atoms with Crippen LogP contribution in [0.5, 0.6) is 0 Å². The number of carboxylic acids is 1. The van der Waals surface area contributed by atoms with Crippen LogP contribution in [0.25, 0.3) is 0 Å². The number of amides is 2. The lowest BCUT2D eigenvalue weighted by Crippen LogP contribution is -2.65. The van der Waals surface area contributed by atoms with Crippen LogP contribution in [-0.2, 0) is 20.3 Å². The number of ether oxygens (including phenoxy) is 1. The van der Waals surface area contributed by atoms with Crippen LogP contribution in [0, 0.1) is 0 Å². The fraction of sp³-hybridized carbons (Fsp3) is 0.818. The molecule has 0 radical (unpaired) electrons. The van der Waals surface area contributed by atoms with Crippen molar-refractivity contribution in [1.82, 2.24) is 10.2 Å². The number of carboxylic acid groups (broad SMARTS) is 1. The van der Waals surface area contributed by atoms with E-state index in [2.05, 4.69) is 5.32 Å². The summed E-state index contributed by atoms with van der Waals surface area (Å²) in [4.78, 5) is 23.6. The topological polar surface area (TPSA) is 95.9 Å². The summed E-state index contributed by atoms with van der Waals surface area (Å²) in [6.45, 7) is 4.35. The first-order valence-corrected chi connectivity index (χ1v) is 7.58. The van der Waals surface area contributed by atoms with E-state index in [4.69, 9.17) is 9.84 Å². The summed E-state index contributed by atoms with van der Waals surface area (Å²) < 4.78 is 16.4. The van der Waals surface area contributed by atoms with Gasteiger partial charge in [-0.3, -0.25) is 4.21 Å². The van der Waals surface area contributed by atoms with Crippen molar-refractivity contribution in [2.45, 2.75) is 19.4 Å². The van der Waals surface area contributed by atoms with E-state index in [1.807, 2.05) is 6.92 Å². The third-order valence-electron chi connectivity index (χ3n) is 2.81. The highest BCUT2D eigenvalue weighted by Gasteiger charge is 2.42. The van der Waals surface area contributed by atoms with Crippen LogP contribution in [-0.4, -0.2) is 69.6 Å². The minimum absolute atomic E-state index is 0.232. The lowest BCUT2D eigenvalue weighted by molar-refractivity contribution is -0.159. The van der Waals surface area contributed by atoms with Gasteiger partial charge >= 0.3 is 12.0 Å². The third kappa shape index (κ3) is 5.15. The molecule has 2 N–H and O–H groups in total. The van der Waals surface area contributed by atoms with Crippen molar-refractivity contribution in [3.63, 3.8) is 0 Å². The molecule has 19 heavy (non-hydrogen) atoms. The molecule has 1 saturated heterocycles. The second-order valence-electron chi connectivity index (χ2n) is 4.65. The molecule has 0 spiro atoms. The molecule has 0 bridgehead atoms. The normalized spacial score (nSPS) is 18.5. The largest absolute Gasteiger partial charge is 0.480 e.